The van der Waals surface area contributed by atoms with Gasteiger partial charge in [0.25, 0.3) is 0 Å². The number of carboxylic acids is 1. The van der Waals surface area contributed by atoms with Crippen molar-refractivity contribution in [3.63, 3.8) is 0 Å². The minimum absolute atomic E-state index is 0.0690. The Kier molecular flexibility index (Phi) is 4.01. The third-order valence-electron chi connectivity index (χ3n) is 2.99. The predicted octanol–water partition coefficient (Wildman–Crippen LogP) is 0.599. The summed E-state index contributed by atoms with van der Waals surface area (Å²) in [7, 11) is -3.80. The van der Waals surface area contributed by atoms with Crippen molar-refractivity contribution in [2.45, 2.75) is 17.4 Å². The van der Waals surface area contributed by atoms with E-state index in [4.69, 9.17) is 21.4 Å². The SMILES string of the molecule is CCOC1(C(=O)O)CN(S(=O)(=O)c2cncc(Cl)c2)C1. The Morgan fingerprint density at radius 1 is 1.55 bits per heavy atom. The van der Waals surface area contributed by atoms with Gasteiger partial charge in [-0.2, -0.15) is 4.31 Å². The zero-order chi connectivity index (χ0) is 15.0. The van der Waals surface area contributed by atoms with Crippen molar-refractivity contribution >= 4 is 27.6 Å². The first kappa shape index (κ1) is 15.2. The summed E-state index contributed by atoms with van der Waals surface area (Å²) in [4.78, 5) is 14.8. The lowest BCUT2D eigenvalue weighted by atomic mass is 9.97. The maximum atomic E-state index is 12.3. The molecule has 1 N–H and O–H groups in total. The van der Waals surface area contributed by atoms with Crippen molar-refractivity contribution in [3.8, 4) is 0 Å². The number of nitrogens with zero attached hydrogens (tertiary/aromatic N) is 2. The molecule has 1 fully saturated rings. The molecule has 0 spiro atoms. The molecular weight excluding hydrogens is 308 g/mol. The Hall–Kier alpha value is -1.22. The van der Waals surface area contributed by atoms with Crippen LogP contribution in [0.25, 0.3) is 0 Å². The summed E-state index contributed by atoms with van der Waals surface area (Å²) in [6.07, 6.45) is 2.49. The summed E-state index contributed by atoms with van der Waals surface area (Å²) in [5.74, 6) is -1.17. The standard InChI is InChI=1S/C11H13ClN2O5S/c1-2-19-11(10(15)16)6-14(7-11)20(17,18)9-3-8(12)4-13-5-9/h3-5H,2,6-7H2,1H3,(H,15,16). The van der Waals surface area contributed by atoms with Gasteiger partial charge in [-0.05, 0) is 13.0 Å². The van der Waals surface area contributed by atoms with Crippen LogP contribution in [0, 0.1) is 0 Å². The fourth-order valence-corrected chi connectivity index (χ4v) is 3.70. The fourth-order valence-electron chi connectivity index (χ4n) is 1.94. The summed E-state index contributed by atoms with van der Waals surface area (Å²) in [5.41, 5.74) is -1.46. The predicted molar refractivity (Wildman–Crippen MR) is 70.0 cm³/mol. The van der Waals surface area contributed by atoms with Gasteiger partial charge in [0, 0.05) is 19.0 Å². The van der Waals surface area contributed by atoms with Crippen molar-refractivity contribution in [1.82, 2.24) is 9.29 Å². The largest absolute Gasteiger partial charge is 0.479 e. The smallest absolute Gasteiger partial charge is 0.338 e. The van der Waals surface area contributed by atoms with E-state index in [1.54, 1.807) is 6.92 Å². The average Bonchev–Trinajstić information content (AvgIpc) is 2.32. The Bertz CT molecular complexity index is 627. The van der Waals surface area contributed by atoms with Crippen LogP contribution in [0.4, 0.5) is 0 Å². The first-order valence-corrected chi connectivity index (χ1v) is 7.62. The Labute approximate surface area is 121 Å². The van der Waals surface area contributed by atoms with Crippen LogP contribution < -0.4 is 0 Å². The molecule has 0 aromatic carbocycles. The average molecular weight is 321 g/mol. The van der Waals surface area contributed by atoms with E-state index in [1.807, 2.05) is 0 Å². The lowest BCUT2D eigenvalue weighted by molar-refractivity contribution is -0.181. The number of aromatic nitrogens is 1. The van der Waals surface area contributed by atoms with Gasteiger partial charge in [0.05, 0.1) is 18.1 Å². The molecule has 2 heterocycles. The monoisotopic (exact) mass is 320 g/mol. The zero-order valence-electron chi connectivity index (χ0n) is 10.6. The first-order valence-electron chi connectivity index (χ1n) is 5.80. The Morgan fingerprint density at radius 2 is 2.20 bits per heavy atom. The summed E-state index contributed by atoms with van der Waals surface area (Å²) in [6, 6.07) is 1.27. The summed E-state index contributed by atoms with van der Waals surface area (Å²) >= 11 is 5.71. The third kappa shape index (κ3) is 2.51. The van der Waals surface area contributed by atoms with E-state index >= 15 is 0 Å². The number of hydrogen-bond acceptors (Lipinski definition) is 5. The van der Waals surface area contributed by atoms with Crippen LogP contribution in [0.5, 0.6) is 0 Å². The lowest BCUT2D eigenvalue weighted by Crippen LogP contribution is -2.68. The number of rotatable bonds is 5. The number of ether oxygens (including phenoxy) is 1. The van der Waals surface area contributed by atoms with Crippen LogP contribution in [-0.4, -0.2) is 54.1 Å². The molecule has 20 heavy (non-hydrogen) atoms. The molecule has 110 valence electrons. The summed E-state index contributed by atoms with van der Waals surface area (Å²) in [6.45, 7) is 1.39. The molecule has 0 unspecified atom stereocenters. The van der Waals surface area contributed by atoms with Gasteiger partial charge in [-0.25, -0.2) is 13.2 Å². The lowest BCUT2D eigenvalue weighted by Gasteiger charge is -2.45. The molecule has 0 aliphatic carbocycles. The van der Waals surface area contributed by atoms with E-state index in [-0.39, 0.29) is 29.6 Å². The van der Waals surface area contributed by atoms with Gasteiger partial charge >= 0.3 is 5.97 Å². The van der Waals surface area contributed by atoms with E-state index in [2.05, 4.69) is 4.98 Å². The Morgan fingerprint density at radius 3 is 2.70 bits per heavy atom. The van der Waals surface area contributed by atoms with Crippen molar-refractivity contribution in [2.75, 3.05) is 19.7 Å². The molecule has 1 aromatic rings. The fraction of sp³-hybridized carbons (Fsp3) is 0.455. The highest BCUT2D eigenvalue weighted by molar-refractivity contribution is 7.89. The molecule has 0 atom stereocenters. The van der Waals surface area contributed by atoms with Crippen LogP contribution in [0.15, 0.2) is 23.4 Å². The minimum Gasteiger partial charge on any atom is -0.479 e. The van der Waals surface area contributed by atoms with Crippen LogP contribution >= 0.6 is 11.6 Å². The molecule has 0 bridgehead atoms. The van der Waals surface area contributed by atoms with Gasteiger partial charge in [-0.15, -0.1) is 0 Å². The van der Waals surface area contributed by atoms with Crippen molar-refractivity contribution in [2.24, 2.45) is 0 Å². The van der Waals surface area contributed by atoms with Gasteiger partial charge < -0.3 is 9.84 Å². The number of pyridine rings is 1. The number of hydrogen-bond donors (Lipinski definition) is 1. The van der Waals surface area contributed by atoms with Crippen molar-refractivity contribution in [3.05, 3.63) is 23.5 Å². The molecule has 1 aliphatic rings. The van der Waals surface area contributed by atoms with E-state index in [0.29, 0.717) is 0 Å². The number of carboxylic acid groups (broad SMARTS) is 1. The molecule has 1 aliphatic heterocycles. The molecule has 0 saturated carbocycles. The molecule has 1 aromatic heterocycles. The van der Waals surface area contributed by atoms with Gasteiger partial charge in [0.1, 0.15) is 4.90 Å². The second kappa shape index (κ2) is 5.28. The first-order chi connectivity index (χ1) is 9.32. The number of halogens is 1. The highest BCUT2D eigenvalue weighted by atomic mass is 35.5. The highest BCUT2D eigenvalue weighted by Crippen LogP contribution is 2.31. The van der Waals surface area contributed by atoms with E-state index < -0.39 is 21.6 Å². The number of sulfonamides is 1. The minimum atomic E-state index is -3.80. The molecular formula is C11H13ClN2O5S. The topological polar surface area (TPSA) is 96.8 Å². The summed E-state index contributed by atoms with van der Waals surface area (Å²) in [5, 5.41) is 9.33. The normalized spacial score (nSPS) is 18.5. The molecule has 1 saturated heterocycles. The number of carbonyl (C=O) groups is 1. The second-order valence-electron chi connectivity index (χ2n) is 4.34. The van der Waals surface area contributed by atoms with Crippen LogP contribution in [0.3, 0.4) is 0 Å². The molecule has 9 heteroatoms. The maximum Gasteiger partial charge on any atom is 0.338 e. The van der Waals surface area contributed by atoms with Gasteiger partial charge in [-0.1, -0.05) is 11.6 Å². The molecule has 2 rings (SSSR count). The van der Waals surface area contributed by atoms with Crippen LogP contribution in [-0.2, 0) is 19.6 Å². The van der Waals surface area contributed by atoms with Crippen LogP contribution in [0.1, 0.15) is 6.92 Å². The molecule has 0 amide bonds. The van der Waals surface area contributed by atoms with Gasteiger partial charge in [0.2, 0.25) is 10.0 Å². The maximum absolute atomic E-state index is 12.3. The van der Waals surface area contributed by atoms with Crippen molar-refractivity contribution in [1.29, 1.82) is 0 Å². The van der Waals surface area contributed by atoms with Gasteiger partial charge in [-0.3, -0.25) is 4.98 Å². The quantitative estimate of drug-likeness (QED) is 0.853. The van der Waals surface area contributed by atoms with Gasteiger partial charge in [0.15, 0.2) is 5.60 Å². The molecule has 0 radical (unpaired) electrons. The summed E-state index contributed by atoms with van der Waals surface area (Å²) < 4.78 is 30.7. The van der Waals surface area contributed by atoms with E-state index in [1.165, 1.54) is 18.5 Å². The molecule has 7 nitrogen and oxygen atoms in total. The second-order valence-corrected chi connectivity index (χ2v) is 6.72. The zero-order valence-corrected chi connectivity index (χ0v) is 12.2. The highest BCUT2D eigenvalue weighted by Gasteiger charge is 2.55. The van der Waals surface area contributed by atoms with E-state index in [0.717, 1.165) is 4.31 Å². The third-order valence-corrected chi connectivity index (χ3v) is 4.96. The van der Waals surface area contributed by atoms with E-state index in [9.17, 15) is 13.2 Å². The Balaban J connectivity index is 2.21. The number of aliphatic carboxylic acids is 1. The van der Waals surface area contributed by atoms with Crippen LogP contribution in [0.2, 0.25) is 5.02 Å². The van der Waals surface area contributed by atoms with Crippen molar-refractivity contribution < 1.29 is 23.1 Å².